The van der Waals surface area contributed by atoms with Crippen molar-refractivity contribution in [3.63, 3.8) is 0 Å². The number of carbonyl (C=O) groups excluding carboxylic acids is 3. The predicted octanol–water partition coefficient (Wildman–Crippen LogP) is 3.42. The molecule has 0 aliphatic carbocycles. The largest absolute Gasteiger partial charge is 0.508 e. The molecule has 8 nitrogen and oxygen atoms in total. The minimum Gasteiger partial charge on any atom is -0.508 e. The maximum atomic E-state index is 13.6. The molecule has 8 heteroatoms. The summed E-state index contributed by atoms with van der Waals surface area (Å²) in [4.78, 5) is 39.6. The van der Waals surface area contributed by atoms with Gasteiger partial charge in [-0.3, -0.25) is 9.59 Å². The zero-order valence-electron chi connectivity index (χ0n) is 19.5. The van der Waals surface area contributed by atoms with E-state index in [1.807, 2.05) is 30.3 Å². The van der Waals surface area contributed by atoms with E-state index in [2.05, 4.69) is 5.32 Å². The van der Waals surface area contributed by atoms with E-state index in [1.54, 1.807) is 39.8 Å². The number of amides is 2. The molecule has 0 fully saturated rings. The molecule has 0 unspecified atom stereocenters. The number of hydrogen-bond donors (Lipinski definition) is 2. The number of nitrogens with zero attached hydrogens (tertiary/aromatic N) is 1. The van der Waals surface area contributed by atoms with E-state index < -0.39 is 29.6 Å². The van der Waals surface area contributed by atoms with Gasteiger partial charge in [-0.05, 0) is 51.0 Å². The molecule has 33 heavy (non-hydrogen) atoms. The molecular formula is C25H32N2O6. The molecule has 0 spiro atoms. The lowest BCUT2D eigenvalue weighted by molar-refractivity contribution is -0.150. The van der Waals surface area contributed by atoms with Crippen molar-refractivity contribution in [2.45, 2.75) is 52.3 Å². The summed E-state index contributed by atoms with van der Waals surface area (Å²) in [5.74, 6) is -0.900. The Kier molecular flexibility index (Phi) is 9.27. The van der Waals surface area contributed by atoms with Gasteiger partial charge in [0.2, 0.25) is 5.91 Å². The van der Waals surface area contributed by atoms with Gasteiger partial charge in [0.25, 0.3) is 0 Å². The number of phenols is 1. The molecule has 0 radical (unpaired) electrons. The Balaban J connectivity index is 2.30. The summed E-state index contributed by atoms with van der Waals surface area (Å²) in [6.07, 6.45) is -0.595. The average molecular weight is 457 g/mol. The molecule has 0 saturated carbocycles. The molecule has 0 aliphatic rings. The second-order valence-corrected chi connectivity index (χ2v) is 8.55. The zero-order chi connectivity index (χ0) is 24.4. The number of phenolic OH excluding ortho intramolecular Hbond substituents is 1. The smallest absolute Gasteiger partial charge is 0.408 e. The monoisotopic (exact) mass is 456 g/mol. The molecule has 0 bridgehead atoms. The van der Waals surface area contributed by atoms with E-state index >= 15 is 0 Å². The van der Waals surface area contributed by atoms with Crippen LogP contribution < -0.4 is 5.32 Å². The van der Waals surface area contributed by atoms with Crippen LogP contribution in [0.3, 0.4) is 0 Å². The minimum absolute atomic E-state index is 0.0924. The first-order valence-electron chi connectivity index (χ1n) is 10.8. The standard InChI is InChI=1S/C25H32N2O6/c1-5-32-22(29)17-27(16-19-9-7-6-8-10-19)23(30)21(26-24(31)33-25(2,3)4)15-18-11-13-20(28)14-12-18/h6-14,21,28H,5,15-17H2,1-4H3,(H,26,31)/t21-/m0/s1. The van der Waals surface area contributed by atoms with Crippen LogP contribution in [-0.2, 0) is 32.0 Å². The molecule has 2 rings (SSSR count). The first-order chi connectivity index (χ1) is 15.6. The number of alkyl carbamates (subject to hydrolysis) is 1. The number of esters is 1. The van der Waals surface area contributed by atoms with Crippen molar-refractivity contribution in [1.29, 1.82) is 0 Å². The normalized spacial score (nSPS) is 11.9. The maximum absolute atomic E-state index is 13.6. The average Bonchev–Trinajstić information content (AvgIpc) is 2.73. The highest BCUT2D eigenvalue weighted by molar-refractivity contribution is 5.88. The van der Waals surface area contributed by atoms with E-state index in [9.17, 15) is 19.5 Å². The molecule has 2 aromatic carbocycles. The van der Waals surface area contributed by atoms with Crippen LogP contribution in [0.15, 0.2) is 54.6 Å². The van der Waals surface area contributed by atoms with Crippen molar-refractivity contribution in [3.05, 3.63) is 65.7 Å². The summed E-state index contributed by atoms with van der Waals surface area (Å²) in [5.41, 5.74) is 0.805. The van der Waals surface area contributed by atoms with Crippen molar-refractivity contribution in [3.8, 4) is 5.75 Å². The predicted molar refractivity (Wildman–Crippen MR) is 123 cm³/mol. The summed E-state index contributed by atoms with van der Waals surface area (Å²) in [5, 5.41) is 12.2. The second-order valence-electron chi connectivity index (χ2n) is 8.55. The zero-order valence-corrected chi connectivity index (χ0v) is 19.5. The molecule has 0 saturated heterocycles. The van der Waals surface area contributed by atoms with Gasteiger partial charge in [0, 0.05) is 13.0 Å². The summed E-state index contributed by atoms with van der Waals surface area (Å²) in [7, 11) is 0. The summed E-state index contributed by atoms with van der Waals surface area (Å²) < 4.78 is 10.4. The summed E-state index contributed by atoms with van der Waals surface area (Å²) in [6, 6.07) is 14.6. The molecule has 178 valence electrons. The number of hydrogen-bond acceptors (Lipinski definition) is 6. The van der Waals surface area contributed by atoms with Gasteiger partial charge in [-0.25, -0.2) is 4.79 Å². The number of carbonyl (C=O) groups is 3. The van der Waals surface area contributed by atoms with Gasteiger partial charge in [-0.1, -0.05) is 42.5 Å². The van der Waals surface area contributed by atoms with Gasteiger partial charge in [0.15, 0.2) is 0 Å². The van der Waals surface area contributed by atoms with Gasteiger partial charge in [-0.15, -0.1) is 0 Å². The van der Waals surface area contributed by atoms with Crippen molar-refractivity contribution in [2.75, 3.05) is 13.2 Å². The molecule has 1 atom stereocenters. The first kappa shape index (κ1) is 25.7. The van der Waals surface area contributed by atoms with Crippen LogP contribution in [0, 0.1) is 0 Å². The van der Waals surface area contributed by atoms with Crippen molar-refractivity contribution >= 4 is 18.0 Å². The third kappa shape index (κ3) is 9.22. The number of nitrogens with one attached hydrogen (secondary N) is 1. The van der Waals surface area contributed by atoms with Crippen LogP contribution in [0.4, 0.5) is 4.79 Å². The first-order valence-corrected chi connectivity index (χ1v) is 10.8. The van der Waals surface area contributed by atoms with Crippen LogP contribution >= 0.6 is 0 Å². The minimum atomic E-state index is -0.998. The van der Waals surface area contributed by atoms with Gasteiger partial charge in [-0.2, -0.15) is 0 Å². The molecule has 0 heterocycles. The fourth-order valence-electron chi connectivity index (χ4n) is 3.12. The molecule has 2 N–H and O–H groups in total. The number of aromatic hydroxyl groups is 1. The lowest BCUT2D eigenvalue weighted by Crippen LogP contribution is -2.51. The lowest BCUT2D eigenvalue weighted by atomic mass is 10.0. The third-order valence-corrected chi connectivity index (χ3v) is 4.52. The molecule has 0 aromatic heterocycles. The van der Waals surface area contributed by atoms with Crippen molar-refractivity contribution in [1.82, 2.24) is 10.2 Å². The van der Waals surface area contributed by atoms with E-state index in [-0.39, 0.29) is 31.9 Å². The summed E-state index contributed by atoms with van der Waals surface area (Å²) in [6.45, 7) is 6.98. The van der Waals surface area contributed by atoms with Crippen LogP contribution in [-0.4, -0.2) is 52.8 Å². The Hall–Kier alpha value is -3.55. The third-order valence-electron chi connectivity index (χ3n) is 4.52. The fourth-order valence-corrected chi connectivity index (χ4v) is 3.12. The quantitative estimate of drug-likeness (QED) is 0.560. The number of ether oxygens (including phenoxy) is 2. The highest BCUT2D eigenvalue weighted by Gasteiger charge is 2.30. The molecule has 2 aromatic rings. The molecular weight excluding hydrogens is 424 g/mol. The Morgan fingerprint density at radius 3 is 2.21 bits per heavy atom. The van der Waals surface area contributed by atoms with Gasteiger partial charge < -0.3 is 24.8 Å². The number of benzene rings is 2. The van der Waals surface area contributed by atoms with Gasteiger partial charge in [0.1, 0.15) is 23.9 Å². The second kappa shape index (κ2) is 11.9. The fraction of sp³-hybridized carbons (Fsp3) is 0.400. The van der Waals surface area contributed by atoms with Crippen LogP contribution in [0.5, 0.6) is 5.75 Å². The SMILES string of the molecule is CCOC(=O)CN(Cc1ccccc1)C(=O)[C@H](Cc1ccc(O)cc1)NC(=O)OC(C)(C)C. The van der Waals surface area contributed by atoms with Crippen molar-refractivity contribution < 1.29 is 29.0 Å². The maximum Gasteiger partial charge on any atom is 0.408 e. The summed E-state index contributed by atoms with van der Waals surface area (Å²) >= 11 is 0. The highest BCUT2D eigenvalue weighted by Crippen LogP contribution is 2.15. The van der Waals surface area contributed by atoms with E-state index in [1.165, 1.54) is 17.0 Å². The van der Waals surface area contributed by atoms with Crippen molar-refractivity contribution in [2.24, 2.45) is 0 Å². The molecule has 2 amide bonds. The Morgan fingerprint density at radius 1 is 1.00 bits per heavy atom. The van der Waals surface area contributed by atoms with Gasteiger partial charge in [0.05, 0.1) is 6.61 Å². The van der Waals surface area contributed by atoms with E-state index in [0.717, 1.165) is 11.1 Å². The van der Waals surface area contributed by atoms with E-state index in [0.29, 0.717) is 0 Å². The number of rotatable bonds is 9. The Morgan fingerprint density at radius 2 is 1.64 bits per heavy atom. The van der Waals surface area contributed by atoms with Crippen LogP contribution in [0.2, 0.25) is 0 Å². The van der Waals surface area contributed by atoms with Crippen LogP contribution in [0.1, 0.15) is 38.8 Å². The Bertz CT molecular complexity index is 922. The van der Waals surface area contributed by atoms with Crippen LogP contribution in [0.25, 0.3) is 0 Å². The lowest BCUT2D eigenvalue weighted by Gasteiger charge is -2.28. The Labute approximate surface area is 194 Å². The topological polar surface area (TPSA) is 105 Å². The molecule has 0 aliphatic heterocycles. The van der Waals surface area contributed by atoms with Gasteiger partial charge >= 0.3 is 12.1 Å². The highest BCUT2D eigenvalue weighted by atomic mass is 16.6. The van der Waals surface area contributed by atoms with E-state index in [4.69, 9.17) is 9.47 Å².